The molecule has 0 amide bonds. The van der Waals surface area contributed by atoms with Crippen molar-refractivity contribution in [3.63, 3.8) is 0 Å². The number of hydrogen-bond donors (Lipinski definition) is 2. The highest BCUT2D eigenvalue weighted by Crippen LogP contribution is 2.29. The fraction of sp³-hybridized carbons (Fsp3) is 0.308. The standard InChI is InChI=1S/C13H13ClFN3/c14-10-6-8(15)3-4-9(10)12-7-17-13(18-12)11-2-1-5-16-11/h3-4,6-7,11,16H,1-2,5H2,(H,17,18). The zero-order valence-electron chi connectivity index (χ0n) is 9.71. The van der Waals surface area contributed by atoms with E-state index in [-0.39, 0.29) is 11.9 Å². The summed E-state index contributed by atoms with van der Waals surface area (Å²) < 4.78 is 13.0. The van der Waals surface area contributed by atoms with Crippen LogP contribution < -0.4 is 5.32 Å². The van der Waals surface area contributed by atoms with Crippen molar-refractivity contribution in [1.82, 2.24) is 15.3 Å². The number of benzene rings is 1. The van der Waals surface area contributed by atoms with Crippen molar-refractivity contribution in [2.45, 2.75) is 18.9 Å². The molecule has 94 valence electrons. The van der Waals surface area contributed by atoms with Gasteiger partial charge in [0.1, 0.15) is 11.6 Å². The number of nitrogens with zero attached hydrogens (tertiary/aromatic N) is 1. The Bertz CT molecular complexity index is 561. The fourth-order valence-electron chi connectivity index (χ4n) is 2.28. The lowest BCUT2D eigenvalue weighted by atomic mass is 10.1. The maximum absolute atomic E-state index is 13.0. The number of nitrogens with one attached hydrogen (secondary N) is 2. The second-order valence-corrected chi connectivity index (χ2v) is 4.86. The summed E-state index contributed by atoms with van der Waals surface area (Å²) in [5, 5.41) is 3.77. The Balaban J connectivity index is 1.92. The largest absolute Gasteiger partial charge is 0.341 e. The van der Waals surface area contributed by atoms with Crippen LogP contribution in [0.4, 0.5) is 4.39 Å². The van der Waals surface area contributed by atoms with E-state index >= 15 is 0 Å². The van der Waals surface area contributed by atoms with Gasteiger partial charge in [-0.05, 0) is 37.6 Å². The zero-order chi connectivity index (χ0) is 12.5. The van der Waals surface area contributed by atoms with Gasteiger partial charge in [0.05, 0.1) is 23.0 Å². The third-order valence-corrected chi connectivity index (χ3v) is 3.52. The zero-order valence-corrected chi connectivity index (χ0v) is 10.5. The second-order valence-electron chi connectivity index (χ2n) is 4.46. The summed E-state index contributed by atoms with van der Waals surface area (Å²) >= 11 is 6.03. The average molecular weight is 266 g/mol. The van der Waals surface area contributed by atoms with Gasteiger partial charge in [0.25, 0.3) is 0 Å². The highest BCUT2D eigenvalue weighted by molar-refractivity contribution is 6.33. The van der Waals surface area contributed by atoms with Crippen LogP contribution in [0.2, 0.25) is 5.02 Å². The van der Waals surface area contributed by atoms with Gasteiger partial charge >= 0.3 is 0 Å². The SMILES string of the molecule is Fc1ccc(-c2cnc(C3CCCN3)[nH]2)c(Cl)c1. The number of aromatic nitrogens is 2. The minimum absolute atomic E-state index is 0.290. The van der Waals surface area contributed by atoms with Crippen molar-refractivity contribution < 1.29 is 4.39 Å². The first-order valence-corrected chi connectivity index (χ1v) is 6.35. The molecule has 1 aromatic heterocycles. The highest BCUT2D eigenvalue weighted by Gasteiger charge is 2.19. The smallest absolute Gasteiger partial charge is 0.124 e. The quantitative estimate of drug-likeness (QED) is 0.875. The van der Waals surface area contributed by atoms with Gasteiger partial charge in [0.15, 0.2) is 0 Å². The van der Waals surface area contributed by atoms with Crippen LogP contribution in [0.5, 0.6) is 0 Å². The van der Waals surface area contributed by atoms with Crippen molar-refractivity contribution in [2.75, 3.05) is 6.54 Å². The van der Waals surface area contributed by atoms with Gasteiger partial charge in [-0.2, -0.15) is 0 Å². The molecule has 2 N–H and O–H groups in total. The number of H-pyrrole nitrogens is 1. The van der Waals surface area contributed by atoms with E-state index < -0.39 is 0 Å². The Morgan fingerprint density at radius 1 is 1.39 bits per heavy atom. The lowest BCUT2D eigenvalue weighted by Gasteiger charge is -2.06. The lowest BCUT2D eigenvalue weighted by molar-refractivity contribution is 0.613. The second kappa shape index (κ2) is 4.71. The van der Waals surface area contributed by atoms with E-state index in [2.05, 4.69) is 15.3 Å². The molecule has 0 radical (unpaired) electrons. The van der Waals surface area contributed by atoms with Gasteiger partial charge in [-0.15, -0.1) is 0 Å². The van der Waals surface area contributed by atoms with Crippen LogP contribution in [0.1, 0.15) is 24.7 Å². The summed E-state index contributed by atoms with van der Waals surface area (Å²) in [4.78, 5) is 7.62. The topological polar surface area (TPSA) is 40.7 Å². The Morgan fingerprint density at radius 2 is 2.28 bits per heavy atom. The van der Waals surface area contributed by atoms with Crippen molar-refractivity contribution in [1.29, 1.82) is 0 Å². The highest BCUT2D eigenvalue weighted by atomic mass is 35.5. The van der Waals surface area contributed by atoms with Crippen molar-refractivity contribution in [3.05, 3.63) is 41.1 Å². The molecule has 0 bridgehead atoms. The molecule has 1 atom stereocenters. The normalized spacial score (nSPS) is 19.3. The number of rotatable bonds is 2. The Morgan fingerprint density at radius 3 is 3.00 bits per heavy atom. The van der Waals surface area contributed by atoms with Crippen LogP contribution in [-0.2, 0) is 0 Å². The molecule has 0 aliphatic carbocycles. The predicted octanol–water partition coefficient (Wildman–Crippen LogP) is 3.29. The van der Waals surface area contributed by atoms with E-state index in [0.29, 0.717) is 5.02 Å². The molecule has 2 aromatic rings. The minimum atomic E-state index is -0.332. The van der Waals surface area contributed by atoms with Crippen LogP contribution in [0, 0.1) is 5.82 Å². The molecule has 1 unspecified atom stereocenters. The number of aromatic amines is 1. The first-order valence-electron chi connectivity index (χ1n) is 5.98. The Kier molecular flexibility index (Phi) is 3.06. The lowest BCUT2D eigenvalue weighted by Crippen LogP contribution is -2.14. The van der Waals surface area contributed by atoms with Gasteiger partial charge in [-0.1, -0.05) is 11.6 Å². The number of imidazole rings is 1. The van der Waals surface area contributed by atoms with E-state index in [4.69, 9.17) is 11.6 Å². The average Bonchev–Trinajstić information content (AvgIpc) is 2.99. The Hall–Kier alpha value is -1.39. The molecule has 1 saturated heterocycles. The third kappa shape index (κ3) is 2.13. The summed E-state index contributed by atoms with van der Waals surface area (Å²) in [6, 6.07) is 4.66. The summed E-state index contributed by atoms with van der Waals surface area (Å²) in [6.07, 6.45) is 4.00. The van der Waals surface area contributed by atoms with E-state index in [0.717, 1.165) is 36.5 Å². The molecule has 1 aliphatic rings. The summed E-state index contributed by atoms with van der Waals surface area (Å²) in [5.41, 5.74) is 1.60. The molecule has 18 heavy (non-hydrogen) atoms. The van der Waals surface area contributed by atoms with Gasteiger partial charge in [-0.3, -0.25) is 0 Å². The molecule has 1 aliphatic heterocycles. The summed E-state index contributed by atoms with van der Waals surface area (Å²) in [6.45, 7) is 1.03. The predicted molar refractivity (Wildman–Crippen MR) is 69.0 cm³/mol. The van der Waals surface area contributed by atoms with E-state index in [1.165, 1.54) is 12.1 Å². The van der Waals surface area contributed by atoms with Gasteiger partial charge < -0.3 is 10.3 Å². The maximum atomic E-state index is 13.0. The summed E-state index contributed by atoms with van der Waals surface area (Å²) in [5.74, 6) is 0.587. The van der Waals surface area contributed by atoms with Crippen molar-refractivity contribution in [3.8, 4) is 11.3 Å². The molecule has 0 saturated carbocycles. The fourth-order valence-corrected chi connectivity index (χ4v) is 2.55. The van der Waals surface area contributed by atoms with E-state index in [1.807, 2.05) is 0 Å². The molecule has 2 heterocycles. The van der Waals surface area contributed by atoms with Crippen molar-refractivity contribution in [2.24, 2.45) is 0 Å². The van der Waals surface area contributed by atoms with Crippen LogP contribution >= 0.6 is 11.6 Å². The molecule has 1 aromatic carbocycles. The third-order valence-electron chi connectivity index (χ3n) is 3.21. The number of halogens is 2. The minimum Gasteiger partial charge on any atom is -0.341 e. The molecular formula is C13H13ClFN3. The number of hydrogen-bond acceptors (Lipinski definition) is 2. The molecular weight excluding hydrogens is 253 g/mol. The van der Waals surface area contributed by atoms with Gasteiger partial charge in [0.2, 0.25) is 0 Å². The van der Waals surface area contributed by atoms with E-state index in [1.54, 1.807) is 12.3 Å². The first kappa shape index (κ1) is 11.7. The van der Waals surface area contributed by atoms with Crippen LogP contribution in [-0.4, -0.2) is 16.5 Å². The molecule has 3 nitrogen and oxygen atoms in total. The van der Waals surface area contributed by atoms with E-state index in [9.17, 15) is 4.39 Å². The monoisotopic (exact) mass is 265 g/mol. The molecule has 3 rings (SSSR count). The molecule has 1 fully saturated rings. The molecule has 0 spiro atoms. The van der Waals surface area contributed by atoms with Gasteiger partial charge in [-0.25, -0.2) is 9.37 Å². The van der Waals surface area contributed by atoms with Crippen LogP contribution in [0.3, 0.4) is 0 Å². The Labute approximate surface area is 109 Å². The first-order chi connectivity index (χ1) is 8.74. The van der Waals surface area contributed by atoms with Crippen LogP contribution in [0.15, 0.2) is 24.4 Å². The van der Waals surface area contributed by atoms with Gasteiger partial charge in [0, 0.05) is 5.56 Å². The maximum Gasteiger partial charge on any atom is 0.124 e. The van der Waals surface area contributed by atoms with Crippen molar-refractivity contribution >= 4 is 11.6 Å². The van der Waals surface area contributed by atoms with Crippen LogP contribution in [0.25, 0.3) is 11.3 Å². The molecule has 5 heteroatoms. The summed E-state index contributed by atoms with van der Waals surface area (Å²) in [7, 11) is 0.